The Morgan fingerprint density at radius 1 is 1.15 bits per heavy atom. The molecule has 0 fully saturated rings. The fourth-order valence-corrected chi connectivity index (χ4v) is 2.11. The molecule has 0 unspecified atom stereocenters. The highest BCUT2D eigenvalue weighted by atomic mass is 35.5. The van der Waals surface area contributed by atoms with Gasteiger partial charge < -0.3 is 10.1 Å². The van der Waals surface area contributed by atoms with Crippen LogP contribution in [0.2, 0.25) is 10.0 Å². The Morgan fingerprint density at radius 2 is 1.90 bits per heavy atom. The van der Waals surface area contributed by atoms with Gasteiger partial charge in [0.05, 0.1) is 27.9 Å². The number of para-hydroxylation sites is 2. The topological polar surface area (TPSA) is 38.3 Å². The standard InChI is InChI=1S/C15H13Cl2NO2/c1-2-20-13-9-4-3-8-12(13)18-15(19)10-6-5-7-11(16)14(10)17/h3-9H,2H2,1H3,(H,18,19). The molecule has 0 atom stereocenters. The summed E-state index contributed by atoms with van der Waals surface area (Å²) in [5.41, 5.74) is 0.917. The maximum absolute atomic E-state index is 12.2. The fourth-order valence-electron chi connectivity index (χ4n) is 1.72. The first-order valence-corrected chi connectivity index (χ1v) is 6.86. The van der Waals surface area contributed by atoms with E-state index in [1.54, 1.807) is 30.3 Å². The predicted octanol–water partition coefficient (Wildman–Crippen LogP) is 4.64. The predicted molar refractivity (Wildman–Crippen MR) is 82.0 cm³/mol. The van der Waals surface area contributed by atoms with E-state index in [0.717, 1.165) is 0 Å². The molecule has 0 aliphatic heterocycles. The van der Waals surface area contributed by atoms with Gasteiger partial charge in [0.25, 0.3) is 5.91 Å². The van der Waals surface area contributed by atoms with Gasteiger partial charge in [-0.05, 0) is 31.2 Å². The van der Waals surface area contributed by atoms with E-state index in [9.17, 15) is 4.79 Å². The van der Waals surface area contributed by atoms with Crippen molar-refractivity contribution in [3.05, 3.63) is 58.1 Å². The third kappa shape index (κ3) is 3.24. The molecule has 1 N–H and O–H groups in total. The summed E-state index contributed by atoms with van der Waals surface area (Å²) in [5, 5.41) is 3.35. The summed E-state index contributed by atoms with van der Waals surface area (Å²) in [7, 11) is 0. The zero-order valence-corrected chi connectivity index (χ0v) is 12.3. The lowest BCUT2D eigenvalue weighted by molar-refractivity contribution is 0.102. The summed E-state index contributed by atoms with van der Waals surface area (Å²) < 4.78 is 5.45. The average Bonchev–Trinajstić information content (AvgIpc) is 2.44. The van der Waals surface area contributed by atoms with Crippen LogP contribution in [-0.2, 0) is 0 Å². The van der Waals surface area contributed by atoms with E-state index < -0.39 is 0 Å². The number of hydrogen-bond donors (Lipinski definition) is 1. The van der Waals surface area contributed by atoms with Crippen molar-refractivity contribution in [3.63, 3.8) is 0 Å². The summed E-state index contributed by atoms with van der Waals surface area (Å²) in [6.45, 7) is 2.40. The molecule has 20 heavy (non-hydrogen) atoms. The highest BCUT2D eigenvalue weighted by Crippen LogP contribution is 2.28. The summed E-state index contributed by atoms with van der Waals surface area (Å²) >= 11 is 11.9. The Morgan fingerprint density at radius 3 is 2.65 bits per heavy atom. The Hall–Kier alpha value is -1.71. The van der Waals surface area contributed by atoms with Crippen LogP contribution < -0.4 is 10.1 Å². The van der Waals surface area contributed by atoms with E-state index in [2.05, 4.69) is 5.32 Å². The van der Waals surface area contributed by atoms with E-state index >= 15 is 0 Å². The molecule has 0 aliphatic rings. The van der Waals surface area contributed by atoms with Crippen LogP contribution in [0.1, 0.15) is 17.3 Å². The number of benzene rings is 2. The molecule has 0 radical (unpaired) electrons. The minimum atomic E-state index is -0.329. The number of hydrogen-bond acceptors (Lipinski definition) is 2. The van der Waals surface area contributed by atoms with Gasteiger partial charge >= 0.3 is 0 Å². The average molecular weight is 310 g/mol. The summed E-state index contributed by atoms with van der Waals surface area (Å²) in [6, 6.07) is 12.1. The number of ether oxygens (including phenoxy) is 1. The summed E-state index contributed by atoms with van der Waals surface area (Å²) in [6.07, 6.45) is 0. The van der Waals surface area contributed by atoms with Crippen LogP contribution in [-0.4, -0.2) is 12.5 Å². The molecule has 1 amide bonds. The Kier molecular flexibility index (Phi) is 4.88. The van der Waals surface area contributed by atoms with Crippen molar-refractivity contribution in [2.75, 3.05) is 11.9 Å². The lowest BCUT2D eigenvalue weighted by atomic mass is 10.2. The number of carbonyl (C=O) groups is 1. The van der Waals surface area contributed by atoms with Crippen molar-refractivity contribution in [2.45, 2.75) is 6.92 Å². The highest BCUT2D eigenvalue weighted by molar-refractivity contribution is 6.44. The van der Waals surface area contributed by atoms with E-state index in [-0.39, 0.29) is 10.9 Å². The second-order valence-electron chi connectivity index (χ2n) is 3.98. The normalized spacial score (nSPS) is 10.2. The van der Waals surface area contributed by atoms with Crippen molar-refractivity contribution >= 4 is 34.8 Å². The molecule has 2 aromatic carbocycles. The van der Waals surface area contributed by atoms with Crippen molar-refractivity contribution in [3.8, 4) is 5.75 Å². The van der Waals surface area contributed by atoms with Gasteiger partial charge in [0.1, 0.15) is 5.75 Å². The Bertz CT molecular complexity index is 629. The third-order valence-corrected chi connectivity index (χ3v) is 3.45. The minimum absolute atomic E-state index is 0.237. The van der Waals surface area contributed by atoms with Crippen LogP contribution >= 0.6 is 23.2 Å². The van der Waals surface area contributed by atoms with Crippen molar-refractivity contribution in [1.29, 1.82) is 0 Å². The molecule has 0 bridgehead atoms. The first-order valence-electron chi connectivity index (χ1n) is 6.10. The number of amides is 1. The van der Waals surface area contributed by atoms with Crippen LogP contribution in [0.5, 0.6) is 5.75 Å². The molecule has 0 aliphatic carbocycles. The zero-order valence-electron chi connectivity index (χ0n) is 10.8. The van der Waals surface area contributed by atoms with Crippen LogP contribution in [0.15, 0.2) is 42.5 Å². The Balaban J connectivity index is 2.26. The van der Waals surface area contributed by atoms with Gasteiger partial charge in [0.15, 0.2) is 0 Å². The van der Waals surface area contributed by atoms with Crippen LogP contribution in [0, 0.1) is 0 Å². The van der Waals surface area contributed by atoms with Crippen molar-refractivity contribution in [1.82, 2.24) is 0 Å². The smallest absolute Gasteiger partial charge is 0.257 e. The molecule has 104 valence electrons. The van der Waals surface area contributed by atoms with Crippen LogP contribution in [0.4, 0.5) is 5.69 Å². The number of carbonyl (C=O) groups excluding carboxylic acids is 1. The van der Waals surface area contributed by atoms with Gasteiger partial charge in [-0.25, -0.2) is 0 Å². The van der Waals surface area contributed by atoms with Gasteiger partial charge in [-0.1, -0.05) is 41.4 Å². The second-order valence-corrected chi connectivity index (χ2v) is 4.77. The fraction of sp³-hybridized carbons (Fsp3) is 0.133. The molecule has 0 spiro atoms. The quantitative estimate of drug-likeness (QED) is 0.893. The van der Waals surface area contributed by atoms with Gasteiger partial charge in [-0.15, -0.1) is 0 Å². The Labute approximate surface area is 127 Å². The SMILES string of the molecule is CCOc1ccccc1NC(=O)c1cccc(Cl)c1Cl. The highest BCUT2D eigenvalue weighted by Gasteiger charge is 2.14. The molecule has 3 nitrogen and oxygen atoms in total. The van der Waals surface area contributed by atoms with Crippen molar-refractivity contribution < 1.29 is 9.53 Å². The number of rotatable bonds is 4. The number of anilines is 1. The monoisotopic (exact) mass is 309 g/mol. The van der Waals surface area contributed by atoms with Crippen molar-refractivity contribution in [2.24, 2.45) is 0 Å². The molecule has 0 saturated heterocycles. The first-order chi connectivity index (χ1) is 9.63. The summed E-state index contributed by atoms with van der Waals surface area (Å²) in [4.78, 5) is 12.2. The molecule has 2 rings (SSSR count). The molecular weight excluding hydrogens is 297 g/mol. The third-order valence-electron chi connectivity index (χ3n) is 2.63. The van der Waals surface area contributed by atoms with Crippen LogP contribution in [0.25, 0.3) is 0 Å². The van der Waals surface area contributed by atoms with E-state index in [0.29, 0.717) is 28.6 Å². The maximum Gasteiger partial charge on any atom is 0.257 e. The lowest BCUT2D eigenvalue weighted by Crippen LogP contribution is -2.13. The van der Waals surface area contributed by atoms with Gasteiger partial charge in [0, 0.05) is 0 Å². The molecule has 0 heterocycles. The second kappa shape index (κ2) is 6.64. The van der Waals surface area contributed by atoms with Gasteiger partial charge in [-0.2, -0.15) is 0 Å². The number of halogens is 2. The lowest BCUT2D eigenvalue weighted by Gasteiger charge is -2.12. The maximum atomic E-state index is 12.2. The molecule has 0 aromatic heterocycles. The molecule has 5 heteroatoms. The van der Waals surface area contributed by atoms with Crippen LogP contribution in [0.3, 0.4) is 0 Å². The molecular formula is C15H13Cl2NO2. The van der Waals surface area contributed by atoms with E-state index in [1.165, 1.54) is 0 Å². The van der Waals surface area contributed by atoms with E-state index in [1.807, 2.05) is 19.1 Å². The number of nitrogens with one attached hydrogen (secondary N) is 1. The first kappa shape index (κ1) is 14.7. The summed E-state index contributed by atoms with van der Waals surface area (Å²) in [5.74, 6) is 0.283. The van der Waals surface area contributed by atoms with E-state index in [4.69, 9.17) is 27.9 Å². The van der Waals surface area contributed by atoms with Gasteiger partial charge in [-0.3, -0.25) is 4.79 Å². The zero-order chi connectivity index (χ0) is 14.5. The largest absolute Gasteiger partial charge is 0.492 e. The molecule has 0 saturated carbocycles. The van der Waals surface area contributed by atoms with Gasteiger partial charge in [0.2, 0.25) is 0 Å². The minimum Gasteiger partial charge on any atom is -0.492 e. The molecule has 2 aromatic rings.